The molecule has 2 N–H and O–H groups in total. The Kier molecular flexibility index (Phi) is 6.22. The van der Waals surface area contributed by atoms with E-state index in [4.69, 9.17) is 0 Å². The minimum atomic E-state index is -0.278. The summed E-state index contributed by atoms with van der Waals surface area (Å²) >= 11 is 0. The van der Waals surface area contributed by atoms with Crippen molar-refractivity contribution < 1.29 is 14.6 Å². The lowest BCUT2D eigenvalue weighted by Crippen LogP contribution is -2.29. The highest BCUT2D eigenvalue weighted by Gasteiger charge is 2.19. The monoisotopic (exact) mass is 241 g/mol. The van der Waals surface area contributed by atoms with E-state index >= 15 is 0 Å². The first kappa shape index (κ1) is 14.2. The number of hydrogen-bond donors (Lipinski definition) is 2. The molecule has 0 aliphatic heterocycles. The van der Waals surface area contributed by atoms with Crippen LogP contribution in [0, 0.1) is 5.92 Å². The molecule has 4 heteroatoms. The number of rotatable bonds is 5. The van der Waals surface area contributed by atoms with Crippen molar-refractivity contribution in [1.29, 1.82) is 0 Å². The van der Waals surface area contributed by atoms with E-state index in [1.165, 1.54) is 13.5 Å². The number of carbonyl (C=O) groups excluding carboxylic acids is 1. The van der Waals surface area contributed by atoms with Gasteiger partial charge >= 0.3 is 5.97 Å². The van der Waals surface area contributed by atoms with Crippen LogP contribution in [0.1, 0.15) is 32.6 Å². The molecular formula is C13H23NO3. The first-order chi connectivity index (χ1) is 8.13. The Morgan fingerprint density at radius 3 is 2.94 bits per heavy atom. The summed E-state index contributed by atoms with van der Waals surface area (Å²) in [6.07, 6.45) is 5.85. The minimum absolute atomic E-state index is 0.122. The lowest BCUT2D eigenvalue weighted by Gasteiger charge is -2.25. The molecule has 2 atom stereocenters. The van der Waals surface area contributed by atoms with Gasteiger partial charge < -0.3 is 15.2 Å². The van der Waals surface area contributed by atoms with E-state index in [9.17, 15) is 9.90 Å². The van der Waals surface area contributed by atoms with Crippen molar-refractivity contribution in [3.05, 3.63) is 11.6 Å². The van der Waals surface area contributed by atoms with Crippen LogP contribution in [0.25, 0.3) is 0 Å². The van der Waals surface area contributed by atoms with Crippen molar-refractivity contribution in [2.75, 3.05) is 20.2 Å². The second-order valence-corrected chi connectivity index (χ2v) is 4.72. The van der Waals surface area contributed by atoms with Crippen LogP contribution >= 0.6 is 0 Å². The lowest BCUT2D eigenvalue weighted by molar-refractivity contribution is -0.136. The van der Waals surface area contributed by atoms with Crippen molar-refractivity contribution >= 4 is 5.97 Å². The van der Waals surface area contributed by atoms with E-state index < -0.39 is 0 Å². The van der Waals surface area contributed by atoms with Crippen LogP contribution in [0.5, 0.6) is 0 Å². The third kappa shape index (κ3) is 5.33. The molecule has 0 saturated heterocycles. The van der Waals surface area contributed by atoms with E-state index in [0.717, 1.165) is 25.8 Å². The molecule has 1 aliphatic carbocycles. The van der Waals surface area contributed by atoms with Crippen molar-refractivity contribution in [2.24, 2.45) is 5.92 Å². The molecule has 98 valence electrons. The summed E-state index contributed by atoms with van der Waals surface area (Å²) in [6, 6.07) is 0. The Balaban J connectivity index is 2.17. The van der Waals surface area contributed by atoms with E-state index in [2.05, 4.69) is 10.1 Å². The molecule has 17 heavy (non-hydrogen) atoms. The number of esters is 1. The Bertz CT molecular complexity index is 276. The van der Waals surface area contributed by atoms with Crippen molar-refractivity contribution in [3.8, 4) is 0 Å². The summed E-state index contributed by atoms with van der Waals surface area (Å²) in [5, 5.41) is 12.8. The zero-order valence-electron chi connectivity index (χ0n) is 10.7. The number of aliphatic hydroxyl groups excluding tert-OH is 1. The molecule has 1 fully saturated rings. The third-order valence-electron chi connectivity index (χ3n) is 3.25. The molecule has 0 spiro atoms. The van der Waals surface area contributed by atoms with Crippen LogP contribution < -0.4 is 5.32 Å². The molecule has 0 radical (unpaired) electrons. The fourth-order valence-electron chi connectivity index (χ4n) is 2.21. The van der Waals surface area contributed by atoms with Crippen molar-refractivity contribution in [3.63, 3.8) is 0 Å². The fourth-order valence-corrected chi connectivity index (χ4v) is 2.21. The molecule has 1 aliphatic rings. The summed E-state index contributed by atoms with van der Waals surface area (Å²) in [6.45, 7) is 3.33. The third-order valence-corrected chi connectivity index (χ3v) is 3.25. The topological polar surface area (TPSA) is 58.6 Å². The molecule has 4 nitrogen and oxygen atoms in total. The maximum Gasteiger partial charge on any atom is 0.333 e. The number of aliphatic hydroxyl groups is 1. The fraction of sp³-hybridized carbons (Fsp3) is 0.769. The van der Waals surface area contributed by atoms with Crippen LogP contribution in [0.4, 0.5) is 0 Å². The van der Waals surface area contributed by atoms with E-state index in [1.54, 1.807) is 6.92 Å². The Labute approximate surface area is 103 Å². The highest BCUT2D eigenvalue weighted by molar-refractivity contribution is 5.87. The number of carbonyl (C=O) groups is 1. The number of nitrogens with one attached hydrogen (secondary N) is 1. The lowest BCUT2D eigenvalue weighted by atomic mass is 9.87. The highest BCUT2D eigenvalue weighted by atomic mass is 16.5. The molecule has 1 rings (SSSR count). The number of hydrogen-bond acceptors (Lipinski definition) is 4. The minimum Gasteiger partial charge on any atom is -0.466 e. The van der Waals surface area contributed by atoms with Gasteiger partial charge in [-0.2, -0.15) is 0 Å². The zero-order chi connectivity index (χ0) is 12.7. The van der Waals surface area contributed by atoms with Gasteiger partial charge in [-0.15, -0.1) is 0 Å². The summed E-state index contributed by atoms with van der Waals surface area (Å²) in [5.41, 5.74) is 0.628. The van der Waals surface area contributed by atoms with Crippen molar-refractivity contribution in [2.45, 2.75) is 38.7 Å². The second kappa shape index (κ2) is 7.45. The predicted octanol–water partition coefficient (Wildman–Crippen LogP) is 1.25. The quantitative estimate of drug-likeness (QED) is 0.432. The standard InChI is InChI=1S/C13H23NO3/c1-10(13(16)17-2)6-7-14-9-11-4-3-5-12(15)8-11/h6,11-12,14-15H,3-5,7-9H2,1-2H3. The summed E-state index contributed by atoms with van der Waals surface area (Å²) in [5.74, 6) is 0.283. The average Bonchev–Trinajstić information content (AvgIpc) is 2.33. The van der Waals surface area contributed by atoms with Gasteiger partial charge in [0.2, 0.25) is 0 Å². The largest absolute Gasteiger partial charge is 0.466 e. The summed E-state index contributed by atoms with van der Waals surface area (Å²) in [4.78, 5) is 11.1. The van der Waals surface area contributed by atoms with E-state index in [-0.39, 0.29) is 12.1 Å². The Morgan fingerprint density at radius 1 is 1.53 bits per heavy atom. The molecule has 2 unspecified atom stereocenters. The molecule has 0 heterocycles. The molecular weight excluding hydrogens is 218 g/mol. The first-order valence-electron chi connectivity index (χ1n) is 6.27. The Hall–Kier alpha value is -0.870. The van der Waals surface area contributed by atoms with Crippen LogP contribution in [-0.2, 0) is 9.53 Å². The second-order valence-electron chi connectivity index (χ2n) is 4.72. The van der Waals surface area contributed by atoms with Crippen LogP contribution in [0.3, 0.4) is 0 Å². The molecule has 0 bridgehead atoms. The smallest absolute Gasteiger partial charge is 0.333 e. The zero-order valence-corrected chi connectivity index (χ0v) is 10.7. The number of methoxy groups -OCH3 is 1. The molecule has 0 aromatic rings. The van der Waals surface area contributed by atoms with Gasteiger partial charge in [0.15, 0.2) is 0 Å². The average molecular weight is 241 g/mol. The molecule has 0 aromatic carbocycles. The molecule has 0 aromatic heterocycles. The summed E-state index contributed by atoms with van der Waals surface area (Å²) in [7, 11) is 1.39. The normalized spacial score (nSPS) is 25.7. The van der Waals surface area contributed by atoms with Gasteiger partial charge in [0, 0.05) is 12.1 Å². The number of ether oxygens (including phenoxy) is 1. The van der Waals surface area contributed by atoms with Gasteiger partial charge in [-0.05, 0) is 38.6 Å². The molecule has 1 saturated carbocycles. The molecule has 0 amide bonds. The van der Waals surface area contributed by atoms with Gasteiger partial charge in [-0.25, -0.2) is 4.79 Å². The maximum absolute atomic E-state index is 11.1. The van der Waals surface area contributed by atoms with Gasteiger partial charge in [-0.1, -0.05) is 12.5 Å². The van der Waals surface area contributed by atoms with Gasteiger partial charge in [0.1, 0.15) is 0 Å². The van der Waals surface area contributed by atoms with Crippen molar-refractivity contribution in [1.82, 2.24) is 5.32 Å². The van der Waals surface area contributed by atoms with Crippen LogP contribution in [-0.4, -0.2) is 37.4 Å². The van der Waals surface area contributed by atoms with Gasteiger partial charge in [0.25, 0.3) is 0 Å². The van der Waals surface area contributed by atoms with Gasteiger partial charge in [-0.3, -0.25) is 0 Å². The first-order valence-corrected chi connectivity index (χ1v) is 6.27. The summed E-state index contributed by atoms with van der Waals surface area (Å²) < 4.78 is 4.61. The van der Waals surface area contributed by atoms with Gasteiger partial charge in [0.05, 0.1) is 13.2 Å². The predicted molar refractivity (Wildman–Crippen MR) is 66.6 cm³/mol. The van der Waals surface area contributed by atoms with Crippen LogP contribution in [0.15, 0.2) is 11.6 Å². The van der Waals surface area contributed by atoms with Crippen LogP contribution in [0.2, 0.25) is 0 Å². The highest BCUT2D eigenvalue weighted by Crippen LogP contribution is 2.23. The maximum atomic E-state index is 11.1. The van der Waals surface area contributed by atoms with E-state index in [1.807, 2.05) is 6.08 Å². The SMILES string of the molecule is COC(=O)C(C)=CCNCC1CCCC(O)C1. The Morgan fingerprint density at radius 2 is 2.29 bits per heavy atom. The van der Waals surface area contributed by atoms with E-state index in [0.29, 0.717) is 18.0 Å².